The monoisotopic (exact) mass is 360 g/mol. The lowest BCUT2D eigenvalue weighted by molar-refractivity contribution is 0.0687. The Hall–Kier alpha value is -3.23. The van der Waals surface area contributed by atoms with E-state index in [-0.39, 0.29) is 17.2 Å². The molecule has 2 heterocycles. The zero-order valence-electron chi connectivity index (χ0n) is 14.1. The molecule has 1 aromatic heterocycles. The predicted molar refractivity (Wildman–Crippen MR) is 90.1 cm³/mol. The molecule has 3 rings (SSSR count). The summed E-state index contributed by atoms with van der Waals surface area (Å²) in [5.41, 5.74) is 0.0623. The molecule has 0 saturated carbocycles. The minimum atomic E-state index is -1.14. The number of carboxylic acids is 1. The highest BCUT2D eigenvalue weighted by molar-refractivity contribution is 5.97. The number of carbonyl (C=O) groups excluding carboxylic acids is 1. The fourth-order valence-electron chi connectivity index (χ4n) is 2.76. The molecule has 26 heavy (non-hydrogen) atoms. The molecular formula is C17H17FN4O4. The van der Waals surface area contributed by atoms with Gasteiger partial charge in [-0.1, -0.05) is 0 Å². The number of benzene rings is 1. The van der Waals surface area contributed by atoms with Gasteiger partial charge in [-0.15, -0.1) is 10.2 Å². The van der Waals surface area contributed by atoms with Crippen LogP contribution in [0.25, 0.3) is 0 Å². The summed E-state index contributed by atoms with van der Waals surface area (Å²) in [5.74, 6) is -1.06. The molecular weight excluding hydrogens is 343 g/mol. The molecule has 1 aromatic carbocycles. The van der Waals surface area contributed by atoms with Crippen molar-refractivity contribution in [3.8, 4) is 5.75 Å². The Morgan fingerprint density at radius 3 is 2.42 bits per heavy atom. The summed E-state index contributed by atoms with van der Waals surface area (Å²) in [5, 5.41) is 16.4. The standard InChI is InChI=1S/C17H17FN4O4/c1-26-14-4-2-11(18)10-12(14)16(23)22-8-6-21(7-9-22)15-5-3-13(17(24)25)19-20-15/h2-5,10H,6-9H2,1H3,(H,24,25). The van der Waals surface area contributed by atoms with Crippen molar-refractivity contribution in [3.63, 3.8) is 0 Å². The number of hydrogen-bond acceptors (Lipinski definition) is 6. The molecule has 0 unspecified atom stereocenters. The van der Waals surface area contributed by atoms with Gasteiger partial charge >= 0.3 is 5.97 Å². The van der Waals surface area contributed by atoms with Crippen molar-refractivity contribution in [2.75, 3.05) is 38.2 Å². The number of amides is 1. The van der Waals surface area contributed by atoms with Gasteiger partial charge in [0.1, 0.15) is 11.6 Å². The van der Waals surface area contributed by atoms with Crippen LogP contribution in [0.4, 0.5) is 10.2 Å². The number of ether oxygens (including phenoxy) is 1. The van der Waals surface area contributed by atoms with Crippen molar-refractivity contribution >= 4 is 17.7 Å². The topological polar surface area (TPSA) is 95.9 Å². The van der Waals surface area contributed by atoms with Crippen molar-refractivity contribution in [2.45, 2.75) is 0 Å². The summed E-state index contributed by atoms with van der Waals surface area (Å²) in [6, 6.07) is 6.82. The highest BCUT2D eigenvalue weighted by Gasteiger charge is 2.25. The third-order valence-electron chi connectivity index (χ3n) is 4.15. The fourth-order valence-corrected chi connectivity index (χ4v) is 2.76. The lowest BCUT2D eigenvalue weighted by atomic mass is 10.1. The van der Waals surface area contributed by atoms with E-state index in [1.165, 1.54) is 31.4 Å². The quantitative estimate of drug-likeness (QED) is 0.877. The zero-order chi connectivity index (χ0) is 18.7. The second-order valence-corrected chi connectivity index (χ2v) is 5.71. The lowest BCUT2D eigenvalue weighted by Crippen LogP contribution is -2.49. The van der Waals surface area contributed by atoms with Crippen LogP contribution in [0.5, 0.6) is 5.75 Å². The first-order valence-corrected chi connectivity index (χ1v) is 7.94. The minimum Gasteiger partial charge on any atom is -0.496 e. The minimum absolute atomic E-state index is 0.124. The van der Waals surface area contributed by atoms with Gasteiger partial charge in [-0.25, -0.2) is 9.18 Å². The molecule has 1 N–H and O–H groups in total. The number of halogens is 1. The Kier molecular flexibility index (Phi) is 4.97. The molecule has 1 amide bonds. The maximum Gasteiger partial charge on any atom is 0.356 e. The third-order valence-corrected chi connectivity index (χ3v) is 4.15. The first-order valence-electron chi connectivity index (χ1n) is 7.94. The van der Waals surface area contributed by atoms with E-state index >= 15 is 0 Å². The Balaban J connectivity index is 1.67. The van der Waals surface area contributed by atoms with Gasteiger partial charge in [-0.2, -0.15) is 0 Å². The molecule has 8 nitrogen and oxygen atoms in total. The molecule has 0 radical (unpaired) electrons. The Morgan fingerprint density at radius 1 is 1.12 bits per heavy atom. The van der Waals surface area contributed by atoms with Crippen LogP contribution in [0.2, 0.25) is 0 Å². The van der Waals surface area contributed by atoms with Crippen LogP contribution in [0.15, 0.2) is 30.3 Å². The average Bonchev–Trinajstić information content (AvgIpc) is 2.67. The van der Waals surface area contributed by atoms with E-state index in [1.807, 2.05) is 4.90 Å². The molecule has 0 spiro atoms. The first-order chi connectivity index (χ1) is 12.5. The molecule has 1 aliphatic heterocycles. The number of aromatic carboxylic acids is 1. The summed E-state index contributed by atoms with van der Waals surface area (Å²) < 4.78 is 18.6. The summed E-state index contributed by atoms with van der Waals surface area (Å²) >= 11 is 0. The van der Waals surface area contributed by atoms with Crippen LogP contribution >= 0.6 is 0 Å². The number of piperazine rings is 1. The van der Waals surface area contributed by atoms with Gasteiger partial charge in [0.15, 0.2) is 11.5 Å². The predicted octanol–water partition coefficient (Wildman–Crippen LogP) is 1.28. The number of nitrogens with zero attached hydrogens (tertiary/aromatic N) is 4. The van der Waals surface area contributed by atoms with Gasteiger partial charge in [0.2, 0.25) is 0 Å². The van der Waals surface area contributed by atoms with Crippen LogP contribution < -0.4 is 9.64 Å². The Labute approximate surface area is 148 Å². The molecule has 0 atom stereocenters. The summed E-state index contributed by atoms with van der Waals surface area (Å²) in [6.07, 6.45) is 0. The van der Waals surface area contributed by atoms with Crippen LogP contribution in [0.3, 0.4) is 0 Å². The number of hydrogen-bond donors (Lipinski definition) is 1. The van der Waals surface area contributed by atoms with Gasteiger partial charge in [-0.3, -0.25) is 4.79 Å². The van der Waals surface area contributed by atoms with E-state index in [0.29, 0.717) is 37.7 Å². The van der Waals surface area contributed by atoms with E-state index in [9.17, 15) is 14.0 Å². The third kappa shape index (κ3) is 3.56. The second kappa shape index (κ2) is 7.34. The van der Waals surface area contributed by atoms with E-state index in [0.717, 1.165) is 0 Å². The van der Waals surface area contributed by atoms with Gasteiger partial charge in [0.05, 0.1) is 12.7 Å². The number of anilines is 1. The number of aromatic nitrogens is 2. The van der Waals surface area contributed by atoms with Crippen molar-refractivity contribution in [3.05, 3.63) is 47.4 Å². The SMILES string of the molecule is COc1ccc(F)cc1C(=O)N1CCN(c2ccc(C(=O)O)nn2)CC1. The second-order valence-electron chi connectivity index (χ2n) is 5.71. The Bertz CT molecular complexity index is 820. The van der Waals surface area contributed by atoms with Crippen LogP contribution in [-0.2, 0) is 0 Å². The maximum atomic E-state index is 13.5. The molecule has 1 aliphatic rings. The smallest absolute Gasteiger partial charge is 0.356 e. The molecule has 136 valence electrons. The number of rotatable bonds is 4. The summed E-state index contributed by atoms with van der Waals surface area (Å²) in [6.45, 7) is 1.84. The maximum absolute atomic E-state index is 13.5. The molecule has 9 heteroatoms. The Morgan fingerprint density at radius 2 is 1.85 bits per heavy atom. The van der Waals surface area contributed by atoms with E-state index in [4.69, 9.17) is 9.84 Å². The molecule has 1 fully saturated rings. The molecule has 2 aromatic rings. The van der Waals surface area contributed by atoms with Crippen molar-refractivity contribution in [2.24, 2.45) is 0 Å². The highest BCUT2D eigenvalue weighted by Crippen LogP contribution is 2.22. The van der Waals surface area contributed by atoms with E-state index in [2.05, 4.69) is 10.2 Å². The van der Waals surface area contributed by atoms with Crippen molar-refractivity contribution in [1.82, 2.24) is 15.1 Å². The van der Waals surface area contributed by atoms with Gasteiger partial charge in [0.25, 0.3) is 5.91 Å². The van der Waals surface area contributed by atoms with Crippen LogP contribution in [0.1, 0.15) is 20.8 Å². The number of methoxy groups -OCH3 is 1. The van der Waals surface area contributed by atoms with Crippen LogP contribution in [0, 0.1) is 5.82 Å². The van der Waals surface area contributed by atoms with Crippen molar-refractivity contribution < 1.29 is 23.8 Å². The summed E-state index contributed by atoms with van der Waals surface area (Å²) in [4.78, 5) is 27.0. The first kappa shape index (κ1) is 17.6. The molecule has 0 bridgehead atoms. The van der Waals surface area contributed by atoms with Gasteiger partial charge < -0.3 is 19.6 Å². The summed E-state index contributed by atoms with van der Waals surface area (Å²) in [7, 11) is 1.43. The number of carbonyl (C=O) groups is 2. The number of carboxylic acid groups (broad SMARTS) is 1. The van der Waals surface area contributed by atoms with E-state index < -0.39 is 11.8 Å². The largest absolute Gasteiger partial charge is 0.496 e. The average molecular weight is 360 g/mol. The van der Waals surface area contributed by atoms with Gasteiger partial charge in [-0.05, 0) is 30.3 Å². The normalized spacial score (nSPS) is 14.2. The van der Waals surface area contributed by atoms with E-state index in [1.54, 1.807) is 11.0 Å². The highest BCUT2D eigenvalue weighted by atomic mass is 19.1. The van der Waals surface area contributed by atoms with Crippen LogP contribution in [-0.4, -0.2) is 65.4 Å². The molecule has 1 saturated heterocycles. The lowest BCUT2D eigenvalue weighted by Gasteiger charge is -2.35. The van der Waals surface area contributed by atoms with Crippen molar-refractivity contribution in [1.29, 1.82) is 0 Å². The molecule has 0 aliphatic carbocycles. The fraction of sp³-hybridized carbons (Fsp3) is 0.294. The van der Waals surface area contributed by atoms with Gasteiger partial charge in [0, 0.05) is 26.2 Å². The zero-order valence-corrected chi connectivity index (χ0v) is 14.1.